The van der Waals surface area contributed by atoms with Crippen LogP contribution in [-0.2, 0) is 20.9 Å². The van der Waals surface area contributed by atoms with Crippen LogP contribution in [0.3, 0.4) is 0 Å². The lowest BCUT2D eigenvalue weighted by Crippen LogP contribution is -2.29. The number of benzene rings is 1. The number of nitrogens with zero attached hydrogens (tertiary/aromatic N) is 1. The molecule has 0 saturated carbocycles. The SMILES string of the molecule is C[C@H]1[C@H](C(=O)OCc2ccccc2)N1C(=O)OC(C)(C)C. The molecule has 2 atom stereocenters. The Bertz CT molecular complexity index is 521. The van der Waals surface area contributed by atoms with E-state index in [4.69, 9.17) is 9.47 Å². The van der Waals surface area contributed by atoms with E-state index in [0.717, 1.165) is 5.56 Å². The lowest BCUT2D eigenvalue weighted by Gasteiger charge is -2.20. The van der Waals surface area contributed by atoms with Crippen molar-refractivity contribution in [3.05, 3.63) is 35.9 Å². The highest BCUT2D eigenvalue weighted by molar-refractivity contribution is 5.88. The summed E-state index contributed by atoms with van der Waals surface area (Å²) in [5, 5.41) is 0. The van der Waals surface area contributed by atoms with E-state index in [1.165, 1.54) is 4.90 Å². The van der Waals surface area contributed by atoms with Gasteiger partial charge in [0, 0.05) is 0 Å². The Kier molecular flexibility index (Phi) is 4.21. The van der Waals surface area contributed by atoms with Gasteiger partial charge in [0.2, 0.25) is 0 Å². The number of carbonyl (C=O) groups is 2. The zero-order valence-corrected chi connectivity index (χ0v) is 12.8. The van der Waals surface area contributed by atoms with Crippen molar-refractivity contribution < 1.29 is 19.1 Å². The largest absolute Gasteiger partial charge is 0.459 e. The fourth-order valence-electron chi connectivity index (χ4n) is 2.07. The van der Waals surface area contributed by atoms with E-state index < -0.39 is 23.7 Å². The monoisotopic (exact) mass is 291 g/mol. The molecular weight excluding hydrogens is 270 g/mol. The maximum Gasteiger partial charge on any atom is 0.411 e. The average Bonchev–Trinajstić information content (AvgIpc) is 3.07. The van der Waals surface area contributed by atoms with Crippen LogP contribution in [-0.4, -0.2) is 34.6 Å². The van der Waals surface area contributed by atoms with E-state index in [2.05, 4.69) is 0 Å². The lowest BCUT2D eigenvalue weighted by atomic mass is 10.2. The topological polar surface area (TPSA) is 55.6 Å². The third-order valence-electron chi connectivity index (χ3n) is 3.18. The summed E-state index contributed by atoms with van der Waals surface area (Å²) in [6.07, 6.45) is -0.475. The Morgan fingerprint density at radius 3 is 2.38 bits per heavy atom. The zero-order chi connectivity index (χ0) is 15.6. The van der Waals surface area contributed by atoms with E-state index in [1.807, 2.05) is 30.3 Å². The van der Waals surface area contributed by atoms with Gasteiger partial charge in [-0.2, -0.15) is 0 Å². The van der Waals surface area contributed by atoms with E-state index >= 15 is 0 Å². The van der Waals surface area contributed by atoms with Gasteiger partial charge in [0.25, 0.3) is 0 Å². The Morgan fingerprint density at radius 1 is 1.19 bits per heavy atom. The molecule has 5 heteroatoms. The molecule has 114 valence electrons. The fourth-order valence-corrected chi connectivity index (χ4v) is 2.07. The van der Waals surface area contributed by atoms with Gasteiger partial charge in [-0.1, -0.05) is 30.3 Å². The molecule has 1 heterocycles. The van der Waals surface area contributed by atoms with Gasteiger partial charge in [-0.25, -0.2) is 9.59 Å². The van der Waals surface area contributed by atoms with Crippen LogP contribution < -0.4 is 0 Å². The summed E-state index contributed by atoms with van der Waals surface area (Å²) in [5.74, 6) is -0.391. The van der Waals surface area contributed by atoms with Crippen LogP contribution in [0, 0.1) is 0 Å². The van der Waals surface area contributed by atoms with Gasteiger partial charge < -0.3 is 9.47 Å². The van der Waals surface area contributed by atoms with Gasteiger partial charge in [0.05, 0.1) is 6.04 Å². The highest BCUT2D eigenvalue weighted by Gasteiger charge is 2.55. The van der Waals surface area contributed by atoms with Crippen LogP contribution in [0.1, 0.15) is 33.3 Å². The molecule has 5 nitrogen and oxygen atoms in total. The van der Waals surface area contributed by atoms with Crippen LogP contribution in [0.5, 0.6) is 0 Å². The summed E-state index contributed by atoms with van der Waals surface area (Å²) in [4.78, 5) is 25.3. The number of rotatable bonds is 3. The first-order chi connectivity index (χ1) is 9.79. The Hall–Kier alpha value is -2.04. The molecule has 0 N–H and O–H groups in total. The molecule has 1 aliphatic rings. The molecule has 1 amide bonds. The minimum Gasteiger partial charge on any atom is -0.459 e. The highest BCUT2D eigenvalue weighted by atomic mass is 16.6. The third-order valence-corrected chi connectivity index (χ3v) is 3.18. The second-order valence-corrected chi connectivity index (χ2v) is 6.17. The molecule has 0 bridgehead atoms. The molecule has 0 spiro atoms. The Balaban J connectivity index is 1.85. The van der Waals surface area contributed by atoms with Crippen molar-refractivity contribution in [1.29, 1.82) is 0 Å². The molecule has 1 aliphatic heterocycles. The molecule has 1 fully saturated rings. The third kappa shape index (κ3) is 3.97. The second-order valence-electron chi connectivity index (χ2n) is 6.17. The quantitative estimate of drug-likeness (QED) is 0.634. The predicted molar refractivity (Wildman–Crippen MR) is 77.6 cm³/mol. The summed E-state index contributed by atoms with van der Waals surface area (Å²) in [6, 6.07) is 8.72. The van der Waals surface area contributed by atoms with Crippen LogP contribution >= 0.6 is 0 Å². The summed E-state index contributed by atoms with van der Waals surface area (Å²) >= 11 is 0. The molecule has 1 saturated heterocycles. The first-order valence-electron chi connectivity index (χ1n) is 7.01. The van der Waals surface area contributed by atoms with Crippen molar-refractivity contribution in [3.8, 4) is 0 Å². The molecule has 2 rings (SSSR count). The molecule has 0 unspecified atom stereocenters. The Morgan fingerprint density at radius 2 is 1.81 bits per heavy atom. The van der Waals surface area contributed by atoms with Gasteiger partial charge in [-0.3, -0.25) is 4.90 Å². The maximum atomic E-state index is 12.0. The molecule has 1 aromatic carbocycles. The van der Waals surface area contributed by atoms with Gasteiger partial charge in [-0.15, -0.1) is 0 Å². The summed E-state index contributed by atoms with van der Waals surface area (Å²) < 4.78 is 10.5. The molecule has 1 aromatic rings. The minimum atomic E-state index is -0.572. The summed E-state index contributed by atoms with van der Waals surface area (Å²) in [6.45, 7) is 7.40. The van der Waals surface area contributed by atoms with Gasteiger partial charge in [-0.05, 0) is 33.3 Å². The number of hydrogen-bond acceptors (Lipinski definition) is 4. The normalized spacial score (nSPS) is 20.9. The number of amides is 1. The van der Waals surface area contributed by atoms with Crippen LogP contribution in [0.25, 0.3) is 0 Å². The maximum absolute atomic E-state index is 12.0. The summed E-state index contributed by atoms with van der Waals surface area (Å²) in [5.41, 5.74) is 0.348. The zero-order valence-electron chi connectivity index (χ0n) is 12.8. The van der Waals surface area contributed by atoms with E-state index in [1.54, 1.807) is 27.7 Å². The number of esters is 1. The van der Waals surface area contributed by atoms with Crippen LogP contribution in [0.2, 0.25) is 0 Å². The van der Waals surface area contributed by atoms with E-state index in [-0.39, 0.29) is 12.6 Å². The molecular formula is C16H21NO4. The van der Waals surface area contributed by atoms with Crippen molar-refractivity contribution in [2.45, 2.75) is 52.0 Å². The Labute approximate surface area is 124 Å². The van der Waals surface area contributed by atoms with Crippen molar-refractivity contribution >= 4 is 12.1 Å². The van der Waals surface area contributed by atoms with Crippen molar-refractivity contribution in [2.24, 2.45) is 0 Å². The highest BCUT2D eigenvalue weighted by Crippen LogP contribution is 2.31. The smallest absolute Gasteiger partial charge is 0.411 e. The molecule has 21 heavy (non-hydrogen) atoms. The van der Waals surface area contributed by atoms with Crippen LogP contribution in [0.4, 0.5) is 4.79 Å². The molecule has 0 aromatic heterocycles. The molecule has 0 radical (unpaired) electrons. The first-order valence-corrected chi connectivity index (χ1v) is 7.01. The van der Waals surface area contributed by atoms with Crippen molar-refractivity contribution in [2.75, 3.05) is 0 Å². The number of carbonyl (C=O) groups excluding carboxylic acids is 2. The minimum absolute atomic E-state index is 0.178. The van der Waals surface area contributed by atoms with Crippen LogP contribution in [0.15, 0.2) is 30.3 Å². The second kappa shape index (κ2) is 5.76. The number of ether oxygens (including phenoxy) is 2. The van der Waals surface area contributed by atoms with Gasteiger partial charge >= 0.3 is 12.1 Å². The van der Waals surface area contributed by atoms with Gasteiger partial charge in [0.15, 0.2) is 6.04 Å². The predicted octanol–water partition coefficient (Wildman–Crippen LogP) is 2.74. The first kappa shape index (κ1) is 15.4. The van der Waals surface area contributed by atoms with Crippen molar-refractivity contribution in [3.63, 3.8) is 0 Å². The standard InChI is InChI=1S/C16H21NO4/c1-11-13(17(11)15(19)21-16(2,3)4)14(18)20-10-12-8-6-5-7-9-12/h5-9,11,13H,10H2,1-4H3/t11-,13+,17?/m0/s1. The molecule has 0 aliphatic carbocycles. The summed E-state index contributed by atoms with van der Waals surface area (Å²) in [7, 11) is 0. The fraction of sp³-hybridized carbons (Fsp3) is 0.500. The van der Waals surface area contributed by atoms with E-state index in [0.29, 0.717) is 0 Å². The van der Waals surface area contributed by atoms with Gasteiger partial charge in [0.1, 0.15) is 12.2 Å². The van der Waals surface area contributed by atoms with Crippen molar-refractivity contribution in [1.82, 2.24) is 4.90 Å². The average molecular weight is 291 g/mol. The number of hydrogen-bond donors (Lipinski definition) is 0. The van der Waals surface area contributed by atoms with E-state index in [9.17, 15) is 9.59 Å². The lowest BCUT2D eigenvalue weighted by molar-refractivity contribution is -0.145.